The summed E-state index contributed by atoms with van der Waals surface area (Å²) in [6, 6.07) is 11.6. The summed E-state index contributed by atoms with van der Waals surface area (Å²) in [7, 11) is 0. The van der Waals surface area contributed by atoms with Gasteiger partial charge >= 0.3 is 0 Å². The molecule has 7 nitrogen and oxygen atoms in total. The number of hydrogen-bond donors (Lipinski definition) is 1. The fourth-order valence-electron chi connectivity index (χ4n) is 4.08. The van der Waals surface area contributed by atoms with Crippen LogP contribution in [0.15, 0.2) is 72.8 Å². The standard InChI is InChI=1S/C26H26FN3O4/c1-2-15-34-19-8-5-7-18(16-19)24(31)22-23(20-9-3-4-10-21(20)27)30(26(33)25(22)32)13-6-12-29-14-11-28-17-29/h3-5,7-11,14,16-17,23,31H,2,6,12-13,15H2,1H3. The van der Waals surface area contributed by atoms with Crippen molar-refractivity contribution in [2.45, 2.75) is 32.4 Å². The van der Waals surface area contributed by atoms with Crippen LogP contribution in [0.2, 0.25) is 0 Å². The highest BCUT2D eigenvalue weighted by molar-refractivity contribution is 6.46. The van der Waals surface area contributed by atoms with Gasteiger partial charge in [0.1, 0.15) is 17.3 Å². The van der Waals surface area contributed by atoms with Crippen molar-refractivity contribution in [3.63, 3.8) is 0 Å². The molecule has 176 valence electrons. The van der Waals surface area contributed by atoms with Crippen LogP contribution >= 0.6 is 0 Å². The zero-order valence-corrected chi connectivity index (χ0v) is 18.9. The van der Waals surface area contributed by atoms with E-state index in [9.17, 15) is 19.1 Å². The number of aryl methyl sites for hydroxylation is 1. The van der Waals surface area contributed by atoms with E-state index in [0.29, 0.717) is 30.9 Å². The van der Waals surface area contributed by atoms with E-state index >= 15 is 0 Å². The predicted octanol–water partition coefficient (Wildman–Crippen LogP) is 4.32. The number of aliphatic hydroxyl groups is 1. The summed E-state index contributed by atoms with van der Waals surface area (Å²) < 4.78 is 22.4. The zero-order valence-electron chi connectivity index (χ0n) is 18.9. The largest absolute Gasteiger partial charge is 0.507 e. The Morgan fingerprint density at radius 3 is 2.71 bits per heavy atom. The molecule has 1 unspecified atom stereocenters. The second kappa shape index (κ2) is 10.3. The SMILES string of the molecule is CCCOc1cccc(C(O)=C2C(=O)C(=O)N(CCCn3ccnc3)C2c2ccccc2F)c1. The lowest BCUT2D eigenvalue weighted by Crippen LogP contribution is -2.31. The number of nitrogens with zero attached hydrogens (tertiary/aromatic N) is 3. The number of benzene rings is 2. The average molecular weight is 464 g/mol. The number of imidazole rings is 1. The molecule has 0 radical (unpaired) electrons. The Labute approximate surface area is 197 Å². The van der Waals surface area contributed by atoms with Gasteiger partial charge in [0.05, 0.1) is 24.5 Å². The number of Topliss-reactive ketones (excluding diaryl/α,β-unsaturated/α-hetero) is 1. The number of likely N-dealkylation sites (tertiary alicyclic amines) is 1. The number of ketones is 1. The lowest BCUT2D eigenvalue weighted by Gasteiger charge is -2.25. The van der Waals surface area contributed by atoms with Crippen molar-refractivity contribution in [3.05, 3.63) is 89.8 Å². The predicted molar refractivity (Wildman–Crippen MR) is 124 cm³/mol. The van der Waals surface area contributed by atoms with Gasteiger partial charge < -0.3 is 19.3 Å². The van der Waals surface area contributed by atoms with Gasteiger partial charge in [-0.2, -0.15) is 0 Å². The molecule has 1 atom stereocenters. The maximum Gasteiger partial charge on any atom is 0.295 e. The maximum atomic E-state index is 14.9. The Kier molecular flexibility index (Phi) is 7.06. The molecule has 4 rings (SSSR count). The summed E-state index contributed by atoms with van der Waals surface area (Å²) in [6.45, 7) is 3.26. The van der Waals surface area contributed by atoms with Crippen LogP contribution < -0.4 is 4.74 Å². The number of hydrogen-bond acceptors (Lipinski definition) is 5. The number of ether oxygens (including phenoxy) is 1. The van der Waals surface area contributed by atoms with E-state index in [1.165, 1.54) is 17.0 Å². The lowest BCUT2D eigenvalue weighted by molar-refractivity contribution is -0.140. The third-order valence-electron chi connectivity index (χ3n) is 5.69. The van der Waals surface area contributed by atoms with Crippen LogP contribution in [0.5, 0.6) is 5.75 Å². The number of carbonyl (C=O) groups is 2. The minimum atomic E-state index is -1.04. The molecular formula is C26H26FN3O4. The van der Waals surface area contributed by atoms with E-state index in [4.69, 9.17) is 4.74 Å². The molecule has 1 N–H and O–H groups in total. The molecule has 1 amide bonds. The molecule has 1 fully saturated rings. The molecule has 1 aromatic heterocycles. The molecular weight excluding hydrogens is 437 g/mol. The molecule has 1 aliphatic heterocycles. The van der Waals surface area contributed by atoms with E-state index in [1.807, 2.05) is 11.5 Å². The lowest BCUT2D eigenvalue weighted by atomic mass is 9.95. The van der Waals surface area contributed by atoms with Crippen molar-refractivity contribution in [2.75, 3.05) is 13.2 Å². The van der Waals surface area contributed by atoms with E-state index in [-0.39, 0.29) is 23.4 Å². The van der Waals surface area contributed by atoms with Crippen molar-refractivity contribution in [1.29, 1.82) is 0 Å². The van der Waals surface area contributed by atoms with Gasteiger partial charge in [-0.15, -0.1) is 0 Å². The molecule has 2 heterocycles. The van der Waals surface area contributed by atoms with Gasteiger partial charge in [0, 0.05) is 36.6 Å². The van der Waals surface area contributed by atoms with Crippen LogP contribution in [0.25, 0.3) is 5.76 Å². The highest BCUT2D eigenvalue weighted by Crippen LogP contribution is 2.40. The van der Waals surface area contributed by atoms with Gasteiger partial charge in [-0.05, 0) is 31.0 Å². The van der Waals surface area contributed by atoms with Gasteiger partial charge in [0.2, 0.25) is 0 Å². The Morgan fingerprint density at radius 1 is 1.15 bits per heavy atom. The summed E-state index contributed by atoms with van der Waals surface area (Å²) in [6.07, 6.45) is 6.46. The number of rotatable bonds is 9. The minimum absolute atomic E-state index is 0.134. The second-order valence-corrected chi connectivity index (χ2v) is 8.04. The first kappa shape index (κ1) is 23.2. The van der Waals surface area contributed by atoms with Crippen LogP contribution in [0.3, 0.4) is 0 Å². The first-order valence-corrected chi connectivity index (χ1v) is 11.2. The average Bonchev–Trinajstić information content (AvgIpc) is 3.45. The Hall–Kier alpha value is -3.94. The Balaban J connectivity index is 1.73. The first-order valence-electron chi connectivity index (χ1n) is 11.2. The number of carbonyl (C=O) groups excluding carboxylic acids is 2. The molecule has 8 heteroatoms. The highest BCUT2D eigenvalue weighted by atomic mass is 19.1. The van der Waals surface area contributed by atoms with Crippen molar-refractivity contribution in [3.8, 4) is 5.75 Å². The van der Waals surface area contributed by atoms with E-state index in [0.717, 1.165) is 6.42 Å². The number of aromatic nitrogens is 2. The van der Waals surface area contributed by atoms with Crippen LogP contribution in [0.1, 0.15) is 36.9 Å². The van der Waals surface area contributed by atoms with Crippen LogP contribution in [-0.2, 0) is 16.1 Å². The van der Waals surface area contributed by atoms with Gasteiger partial charge in [0.15, 0.2) is 0 Å². The molecule has 0 aliphatic carbocycles. The summed E-state index contributed by atoms with van der Waals surface area (Å²) in [5.41, 5.74) is 0.348. The fraction of sp³-hybridized carbons (Fsp3) is 0.269. The van der Waals surface area contributed by atoms with Crippen molar-refractivity contribution in [1.82, 2.24) is 14.5 Å². The summed E-state index contributed by atoms with van der Waals surface area (Å²) in [4.78, 5) is 31.4. The number of aliphatic hydroxyl groups excluding tert-OH is 1. The topological polar surface area (TPSA) is 84.7 Å². The van der Waals surface area contributed by atoms with E-state index in [2.05, 4.69) is 4.98 Å². The molecule has 0 bridgehead atoms. The Bertz CT molecular complexity index is 1210. The molecule has 1 aliphatic rings. The fourth-order valence-corrected chi connectivity index (χ4v) is 4.08. The smallest absolute Gasteiger partial charge is 0.295 e. The van der Waals surface area contributed by atoms with Crippen molar-refractivity contribution < 1.29 is 23.8 Å². The van der Waals surface area contributed by atoms with Gasteiger partial charge in [-0.1, -0.05) is 37.3 Å². The van der Waals surface area contributed by atoms with Gasteiger partial charge in [0.25, 0.3) is 11.7 Å². The molecule has 1 saturated heterocycles. The molecule has 34 heavy (non-hydrogen) atoms. The van der Waals surface area contributed by atoms with Crippen LogP contribution in [0, 0.1) is 5.82 Å². The van der Waals surface area contributed by atoms with Crippen LogP contribution in [0.4, 0.5) is 4.39 Å². The molecule has 3 aromatic rings. The molecule has 0 spiro atoms. The van der Waals surface area contributed by atoms with Crippen LogP contribution in [-0.4, -0.2) is 44.4 Å². The second-order valence-electron chi connectivity index (χ2n) is 8.04. The summed E-state index contributed by atoms with van der Waals surface area (Å²) in [5.74, 6) is -1.99. The zero-order chi connectivity index (χ0) is 24.1. The Morgan fingerprint density at radius 2 is 1.97 bits per heavy atom. The van der Waals surface area contributed by atoms with E-state index < -0.39 is 23.5 Å². The van der Waals surface area contributed by atoms with E-state index in [1.54, 1.807) is 55.1 Å². The van der Waals surface area contributed by atoms with Crippen molar-refractivity contribution >= 4 is 17.4 Å². The normalized spacial score (nSPS) is 17.4. The quantitative estimate of drug-likeness (QED) is 0.290. The maximum absolute atomic E-state index is 14.9. The minimum Gasteiger partial charge on any atom is -0.507 e. The first-order chi connectivity index (χ1) is 16.5. The van der Waals surface area contributed by atoms with Gasteiger partial charge in [-0.25, -0.2) is 9.37 Å². The van der Waals surface area contributed by atoms with Gasteiger partial charge in [-0.3, -0.25) is 9.59 Å². The third-order valence-corrected chi connectivity index (χ3v) is 5.69. The summed E-state index contributed by atoms with van der Waals surface area (Å²) in [5, 5.41) is 11.2. The number of amides is 1. The number of halogens is 1. The monoisotopic (exact) mass is 463 g/mol. The third kappa shape index (κ3) is 4.71. The summed E-state index contributed by atoms with van der Waals surface area (Å²) >= 11 is 0. The molecule has 2 aromatic carbocycles. The highest BCUT2D eigenvalue weighted by Gasteiger charge is 2.46. The molecule has 0 saturated carbocycles. The van der Waals surface area contributed by atoms with Crippen molar-refractivity contribution in [2.24, 2.45) is 0 Å².